The fraction of sp³-hybridized carbons (Fsp3) is 0. The number of halogens is 2. The van der Waals surface area contributed by atoms with Gasteiger partial charge in [0.2, 0.25) is 0 Å². The van der Waals surface area contributed by atoms with Gasteiger partial charge < -0.3 is 5.11 Å². The average molecular weight is 314 g/mol. The maximum absolute atomic E-state index is 10.8. The van der Waals surface area contributed by atoms with Crippen LogP contribution in [0.5, 0.6) is 0 Å². The number of aromatic carboxylic acids is 1. The first kappa shape index (κ1) is 12.0. The number of carbonyl (C=O) groups is 1. The summed E-state index contributed by atoms with van der Waals surface area (Å²) in [7, 11) is 0. The van der Waals surface area contributed by atoms with Crippen molar-refractivity contribution in [3.8, 4) is 11.4 Å². The maximum Gasteiger partial charge on any atom is 0.354 e. The van der Waals surface area contributed by atoms with Crippen molar-refractivity contribution in [3.05, 3.63) is 45.7 Å². The van der Waals surface area contributed by atoms with Crippen molar-refractivity contribution in [2.24, 2.45) is 0 Å². The molecule has 17 heavy (non-hydrogen) atoms. The van der Waals surface area contributed by atoms with Crippen LogP contribution in [0.25, 0.3) is 11.4 Å². The molecule has 1 aromatic carbocycles. The van der Waals surface area contributed by atoms with Gasteiger partial charge in [-0.2, -0.15) is 0 Å². The zero-order valence-electron chi connectivity index (χ0n) is 8.39. The molecule has 1 N–H and O–H groups in total. The average Bonchev–Trinajstić information content (AvgIpc) is 2.28. The topological polar surface area (TPSA) is 63.1 Å². The molecule has 6 heteroatoms. The molecule has 0 atom stereocenters. The molecule has 0 saturated heterocycles. The quantitative estimate of drug-likeness (QED) is 0.864. The molecular formula is C11H6BrClN2O2. The third kappa shape index (κ3) is 2.81. The van der Waals surface area contributed by atoms with Crippen molar-refractivity contribution in [2.45, 2.75) is 0 Å². The van der Waals surface area contributed by atoms with Gasteiger partial charge in [0.25, 0.3) is 0 Å². The Morgan fingerprint density at radius 3 is 2.71 bits per heavy atom. The summed E-state index contributed by atoms with van der Waals surface area (Å²) >= 11 is 9.08. The number of carboxylic acids is 1. The molecule has 0 aliphatic heterocycles. The number of nitrogens with zero attached hydrogens (tertiary/aromatic N) is 2. The van der Waals surface area contributed by atoms with E-state index in [4.69, 9.17) is 16.7 Å². The standard InChI is InChI=1S/C11H6BrClN2O2/c12-7-3-1-2-6(4-7)10-14-8(11(16)17)5-9(13)15-10/h1-5H,(H,16,17). The SMILES string of the molecule is O=C(O)c1cc(Cl)nc(-c2cccc(Br)c2)n1. The van der Waals surface area contributed by atoms with Gasteiger partial charge in [-0.25, -0.2) is 14.8 Å². The first-order valence-corrected chi connectivity index (χ1v) is 5.77. The van der Waals surface area contributed by atoms with Crippen LogP contribution >= 0.6 is 27.5 Å². The lowest BCUT2D eigenvalue weighted by Gasteiger charge is -2.02. The zero-order chi connectivity index (χ0) is 12.4. The summed E-state index contributed by atoms with van der Waals surface area (Å²) in [5.41, 5.74) is 0.573. The second kappa shape index (κ2) is 4.81. The molecule has 1 aromatic heterocycles. The van der Waals surface area contributed by atoms with E-state index in [0.29, 0.717) is 5.56 Å². The van der Waals surface area contributed by atoms with Crippen molar-refractivity contribution < 1.29 is 9.90 Å². The van der Waals surface area contributed by atoms with Crippen LogP contribution in [0.1, 0.15) is 10.5 Å². The van der Waals surface area contributed by atoms with Crippen molar-refractivity contribution in [2.75, 3.05) is 0 Å². The van der Waals surface area contributed by atoms with Crippen LogP contribution < -0.4 is 0 Å². The van der Waals surface area contributed by atoms with E-state index < -0.39 is 5.97 Å². The van der Waals surface area contributed by atoms with E-state index in [0.717, 1.165) is 4.47 Å². The summed E-state index contributed by atoms with van der Waals surface area (Å²) in [5.74, 6) is -0.846. The maximum atomic E-state index is 10.8. The van der Waals surface area contributed by atoms with Crippen molar-refractivity contribution >= 4 is 33.5 Å². The molecular weight excluding hydrogens is 307 g/mol. The third-order valence-corrected chi connectivity index (χ3v) is 2.68. The molecule has 0 radical (unpaired) electrons. The third-order valence-electron chi connectivity index (χ3n) is 2.00. The molecule has 0 fully saturated rings. The molecule has 2 rings (SSSR count). The Labute approximate surface area is 110 Å². The smallest absolute Gasteiger partial charge is 0.354 e. The molecule has 0 aliphatic carbocycles. The van der Waals surface area contributed by atoms with Crippen molar-refractivity contribution in [1.29, 1.82) is 0 Å². The molecule has 0 unspecified atom stereocenters. The van der Waals surface area contributed by atoms with E-state index in [-0.39, 0.29) is 16.7 Å². The second-order valence-electron chi connectivity index (χ2n) is 3.22. The lowest BCUT2D eigenvalue weighted by atomic mass is 10.2. The second-order valence-corrected chi connectivity index (χ2v) is 4.52. The minimum absolute atomic E-state index is 0.104. The van der Waals surface area contributed by atoms with E-state index in [1.807, 2.05) is 12.1 Å². The normalized spacial score (nSPS) is 10.2. The van der Waals surface area contributed by atoms with Gasteiger partial charge in [-0.15, -0.1) is 0 Å². The van der Waals surface area contributed by atoms with Crippen molar-refractivity contribution in [1.82, 2.24) is 9.97 Å². The predicted molar refractivity (Wildman–Crippen MR) is 67.1 cm³/mol. The van der Waals surface area contributed by atoms with E-state index in [1.54, 1.807) is 12.1 Å². The fourth-order valence-electron chi connectivity index (χ4n) is 1.28. The van der Waals surface area contributed by atoms with E-state index in [1.165, 1.54) is 6.07 Å². The Kier molecular flexibility index (Phi) is 3.40. The minimum Gasteiger partial charge on any atom is -0.477 e. The Morgan fingerprint density at radius 2 is 2.06 bits per heavy atom. The largest absolute Gasteiger partial charge is 0.477 e. The van der Waals surface area contributed by atoms with Crippen LogP contribution in [0.2, 0.25) is 5.15 Å². The Hall–Kier alpha value is -1.46. The predicted octanol–water partition coefficient (Wildman–Crippen LogP) is 3.26. The highest BCUT2D eigenvalue weighted by Crippen LogP contribution is 2.21. The van der Waals surface area contributed by atoms with Gasteiger partial charge in [0.1, 0.15) is 5.15 Å². The molecule has 0 spiro atoms. The summed E-state index contributed by atoms with van der Waals surface area (Å²) in [6.07, 6.45) is 0. The molecule has 86 valence electrons. The molecule has 1 heterocycles. The Balaban J connectivity index is 2.56. The van der Waals surface area contributed by atoms with Crippen LogP contribution in [0, 0.1) is 0 Å². The van der Waals surface area contributed by atoms with Gasteiger partial charge in [0.05, 0.1) is 0 Å². The highest BCUT2D eigenvalue weighted by molar-refractivity contribution is 9.10. The Bertz CT molecular complexity index is 589. The number of hydrogen-bond acceptors (Lipinski definition) is 3. The van der Waals surface area contributed by atoms with E-state index >= 15 is 0 Å². The first-order valence-electron chi connectivity index (χ1n) is 4.60. The minimum atomic E-state index is -1.13. The fourth-order valence-corrected chi connectivity index (χ4v) is 1.87. The summed E-state index contributed by atoms with van der Waals surface area (Å²) < 4.78 is 0.857. The zero-order valence-corrected chi connectivity index (χ0v) is 10.7. The van der Waals surface area contributed by atoms with Gasteiger partial charge in [-0.1, -0.05) is 39.7 Å². The lowest BCUT2D eigenvalue weighted by Crippen LogP contribution is -2.03. The van der Waals surface area contributed by atoms with Gasteiger partial charge in [0.15, 0.2) is 11.5 Å². The lowest BCUT2D eigenvalue weighted by molar-refractivity contribution is 0.0690. The van der Waals surface area contributed by atoms with Crippen LogP contribution in [-0.4, -0.2) is 21.0 Å². The first-order chi connectivity index (χ1) is 8.06. The number of benzene rings is 1. The van der Waals surface area contributed by atoms with Crippen LogP contribution in [0.15, 0.2) is 34.8 Å². The summed E-state index contributed by atoms with van der Waals surface area (Å²) in [6.45, 7) is 0. The van der Waals surface area contributed by atoms with Gasteiger partial charge >= 0.3 is 5.97 Å². The molecule has 4 nitrogen and oxygen atoms in total. The highest BCUT2D eigenvalue weighted by Gasteiger charge is 2.10. The number of carboxylic acid groups (broad SMARTS) is 1. The van der Waals surface area contributed by atoms with E-state index in [9.17, 15) is 4.79 Å². The number of rotatable bonds is 2. The van der Waals surface area contributed by atoms with Crippen LogP contribution in [0.4, 0.5) is 0 Å². The van der Waals surface area contributed by atoms with E-state index in [2.05, 4.69) is 25.9 Å². The molecule has 0 saturated carbocycles. The van der Waals surface area contributed by atoms with Crippen LogP contribution in [0.3, 0.4) is 0 Å². The molecule has 0 amide bonds. The number of aromatic nitrogens is 2. The highest BCUT2D eigenvalue weighted by atomic mass is 79.9. The van der Waals surface area contributed by atoms with Gasteiger partial charge in [-0.05, 0) is 12.1 Å². The Morgan fingerprint density at radius 1 is 1.29 bits per heavy atom. The molecule has 0 aliphatic rings. The number of hydrogen-bond donors (Lipinski definition) is 1. The summed E-state index contributed by atoms with van der Waals surface area (Å²) in [4.78, 5) is 18.8. The summed E-state index contributed by atoms with van der Waals surface area (Å²) in [6, 6.07) is 8.45. The molecule has 2 aromatic rings. The molecule has 0 bridgehead atoms. The monoisotopic (exact) mass is 312 g/mol. The summed E-state index contributed by atoms with van der Waals surface area (Å²) in [5, 5.41) is 8.98. The van der Waals surface area contributed by atoms with Crippen molar-refractivity contribution in [3.63, 3.8) is 0 Å². The van der Waals surface area contributed by atoms with Crippen LogP contribution in [-0.2, 0) is 0 Å². The van der Waals surface area contributed by atoms with Gasteiger partial charge in [0, 0.05) is 16.1 Å². The van der Waals surface area contributed by atoms with Gasteiger partial charge in [-0.3, -0.25) is 0 Å².